The molecule has 1 aromatic heterocycles. The number of piperidine rings is 1. The van der Waals surface area contributed by atoms with Crippen LogP contribution in [0.15, 0.2) is 23.5 Å². The van der Waals surface area contributed by atoms with Gasteiger partial charge in [-0.15, -0.1) is 0 Å². The van der Waals surface area contributed by atoms with Gasteiger partial charge >= 0.3 is 0 Å². The highest BCUT2D eigenvalue weighted by molar-refractivity contribution is 6.00. The van der Waals surface area contributed by atoms with E-state index in [4.69, 9.17) is 0 Å². The zero-order chi connectivity index (χ0) is 17.6. The van der Waals surface area contributed by atoms with E-state index in [1.165, 1.54) is 12.3 Å². The Bertz CT molecular complexity index is 753. The molecule has 8 heteroatoms. The molecule has 25 heavy (non-hydrogen) atoms. The lowest BCUT2D eigenvalue weighted by atomic mass is 10.1. The molecule has 2 N–H and O–H groups in total. The third kappa shape index (κ3) is 3.18. The Morgan fingerprint density at radius 1 is 1.36 bits per heavy atom. The second-order valence-corrected chi connectivity index (χ2v) is 6.88. The molecular weight excluding hydrogens is 328 g/mol. The Labute approximate surface area is 144 Å². The maximum absolute atomic E-state index is 13.4. The minimum atomic E-state index is -2.65. The average Bonchev–Trinajstić information content (AvgIpc) is 3.35. The van der Waals surface area contributed by atoms with Gasteiger partial charge in [0, 0.05) is 11.7 Å². The largest absolute Gasteiger partial charge is 0.349 e. The summed E-state index contributed by atoms with van der Waals surface area (Å²) in [4.78, 5) is 14.9. The topological polar surface area (TPSA) is 62.2 Å². The molecule has 0 radical (unpaired) electrons. The van der Waals surface area contributed by atoms with E-state index in [-0.39, 0.29) is 17.6 Å². The normalized spacial score (nSPS) is 21.0. The molecule has 0 aromatic carbocycles. The number of amides is 1. The van der Waals surface area contributed by atoms with Crippen molar-refractivity contribution < 1.29 is 13.6 Å². The van der Waals surface area contributed by atoms with Crippen LogP contribution in [0.5, 0.6) is 0 Å². The van der Waals surface area contributed by atoms with Gasteiger partial charge in [-0.3, -0.25) is 4.79 Å². The van der Waals surface area contributed by atoms with Gasteiger partial charge in [0.2, 0.25) is 0 Å². The van der Waals surface area contributed by atoms with Crippen LogP contribution in [-0.4, -0.2) is 53.2 Å². The first kappa shape index (κ1) is 16.3. The Hall–Kier alpha value is -2.22. The minimum Gasteiger partial charge on any atom is -0.349 e. The van der Waals surface area contributed by atoms with Gasteiger partial charge in [-0.2, -0.15) is 5.10 Å². The van der Waals surface area contributed by atoms with Crippen LogP contribution in [0.3, 0.4) is 0 Å². The fourth-order valence-electron chi connectivity index (χ4n) is 3.30. The molecule has 134 valence electrons. The van der Waals surface area contributed by atoms with Crippen LogP contribution in [0.25, 0.3) is 5.70 Å². The summed E-state index contributed by atoms with van der Waals surface area (Å²) in [6.07, 6.45) is 3.73. The summed E-state index contributed by atoms with van der Waals surface area (Å²) in [6, 6.07) is 0.106. The third-order valence-corrected chi connectivity index (χ3v) is 4.96. The number of allylic oxidation sites excluding steroid dienone is 3. The molecule has 4 rings (SSSR count). The van der Waals surface area contributed by atoms with E-state index in [2.05, 4.69) is 27.7 Å². The van der Waals surface area contributed by atoms with Gasteiger partial charge in [0.05, 0.1) is 6.20 Å². The lowest BCUT2D eigenvalue weighted by Gasteiger charge is -2.29. The number of fused-ring (bicyclic) bond motifs is 1. The number of halogens is 2. The second kappa shape index (κ2) is 6.25. The van der Waals surface area contributed by atoms with Crippen LogP contribution in [0, 0.1) is 0 Å². The summed E-state index contributed by atoms with van der Waals surface area (Å²) in [5.74, 6) is 0.0663. The molecule has 0 spiro atoms. The van der Waals surface area contributed by atoms with Crippen molar-refractivity contribution in [1.29, 1.82) is 0 Å². The molecule has 1 saturated heterocycles. The van der Waals surface area contributed by atoms with E-state index in [9.17, 15) is 13.6 Å². The summed E-state index contributed by atoms with van der Waals surface area (Å²) >= 11 is 0. The maximum Gasteiger partial charge on any atom is 0.280 e. The SMILES string of the molecule is CN1CCC(NC(=O)c2cnn3c2NC(=C2CC2)C=C3C(F)F)CC1. The maximum atomic E-state index is 13.4. The standard InChI is InChI=1S/C17H21F2N5O/c1-23-6-4-11(5-7-23)21-17(25)12-9-20-24-14(15(18)19)8-13(10-2-3-10)22-16(12)24/h8-9,11,15,22H,2-7H2,1H3,(H,21,25). The summed E-state index contributed by atoms with van der Waals surface area (Å²) in [5.41, 5.74) is 1.90. The number of aromatic nitrogens is 2. The number of hydrogen-bond acceptors (Lipinski definition) is 4. The quantitative estimate of drug-likeness (QED) is 0.879. The van der Waals surface area contributed by atoms with Gasteiger partial charge in [-0.1, -0.05) is 0 Å². The smallest absolute Gasteiger partial charge is 0.280 e. The average molecular weight is 349 g/mol. The van der Waals surface area contributed by atoms with Crippen molar-refractivity contribution in [1.82, 2.24) is 20.0 Å². The van der Waals surface area contributed by atoms with Crippen LogP contribution in [0.4, 0.5) is 14.6 Å². The molecule has 0 atom stereocenters. The van der Waals surface area contributed by atoms with Crippen molar-refractivity contribution in [3.63, 3.8) is 0 Å². The predicted molar refractivity (Wildman–Crippen MR) is 90.4 cm³/mol. The molecule has 3 aliphatic rings. The summed E-state index contributed by atoms with van der Waals surface area (Å²) < 4.78 is 27.9. The Kier molecular flexibility index (Phi) is 4.07. The Morgan fingerprint density at radius 3 is 2.72 bits per heavy atom. The van der Waals surface area contributed by atoms with E-state index < -0.39 is 6.43 Å². The van der Waals surface area contributed by atoms with E-state index >= 15 is 0 Å². The summed E-state index contributed by atoms with van der Waals surface area (Å²) in [5, 5.41) is 10.1. The van der Waals surface area contributed by atoms with Crippen molar-refractivity contribution >= 4 is 17.4 Å². The number of alkyl halides is 2. The second-order valence-electron chi connectivity index (χ2n) is 6.88. The third-order valence-electron chi connectivity index (χ3n) is 4.96. The zero-order valence-corrected chi connectivity index (χ0v) is 14.1. The Morgan fingerprint density at radius 2 is 2.08 bits per heavy atom. The van der Waals surface area contributed by atoms with E-state index in [0.29, 0.717) is 17.1 Å². The molecule has 6 nitrogen and oxygen atoms in total. The fraction of sp³-hybridized carbons (Fsp3) is 0.529. The summed E-state index contributed by atoms with van der Waals surface area (Å²) in [7, 11) is 2.06. The number of nitrogens with one attached hydrogen (secondary N) is 2. The molecule has 3 heterocycles. The van der Waals surface area contributed by atoms with Crippen molar-refractivity contribution in [2.45, 2.75) is 38.2 Å². The lowest BCUT2D eigenvalue weighted by Crippen LogP contribution is -2.43. The number of anilines is 1. The first-order valence-electron chi connectivity index (χ1n) is 8.59. The first-order valence-corrected chi connectivity index (χ1v) is 8.59. The number of rotatable bonds is 3. The van der Waals surface area contributed by atoms with Crippen LogP contribution in [0.1, 0.15) is 36.0 Å². The van der Waals surface area contributed by atoms with Gasteiger partial charge < -0.3 is 15.5 Å². The van der Waals surface area contributed by atoms with Gasteiger partial charge in [0.25, 0.3) is 12.3 Å². The van der Waals surface area contributed by atoms with Crippen molar-refractivity contribution in [2.75, 3.05) is 25.5 Å². The number of hydrogen-bond donors (Lipinski definition) is 2. The number of likely N-dealkylation sites (tertiary alicyclic amines) is 1. The molecule has 0 bridgehead atoms. The van der Waals surface area contributed by atoms with Gasteiger partial charge in [-0.05, 0) is 57.5 Å². The molecule has 1 saturated carbocycles. The van der Waals surface area contributed by atoms with E-state index in [1.807, 2.05) is 0 Å². The van der Waals surface area contributed by atoms with Crippen molar-refractivity contribution in [3.8, 4) is 0 Å². The molecule has 1 aliphatic carbocycles. The summed E-state index contributed by atoms with van der Waals surface area (Å²) in [6.45, 7) is 1.87. The molecule has 1 aromatic rings. The number of nitrogens with zero attached hydrogens (tertiary/aromatic N) is 3. The minimum absolute atomic E-state index is 0.106. The molecule has 1 amide bonds. The zero-order valence-electron chi connectivity index (χ0n) is 14.1. The molecular formula is C17H21F2N5O. The van der Waals surface area contributed by atoms with E-state index in [0.717, 1.165) is 49.0 Å². The van der Waals surface area contributed by atoms with Crippen LogP contribution >= 0.6 is 0 Å². The van der Waals surface area contributed by atoms with Gasteiger partial charge in [0.1, 0.15) is 17.1 Å². The highest BCUT2D eigenvalue weighted by Crippen LogP contribution is 2.38. The molecule has 2 aliphatic heterocycles. The predicted octanol–water partition coefficient (Wildman–Crippen LogP) is 2.29. The first-order chi connectivity index (χ1) is 12.0. The van der Waals surface area contributed by atoms with Crippen molar-refractivity contribution in [3.05, 3.63) is 29.1 Å². The van der Waals surface area contributed by atoms with Gasteiger partial charge in [0.15, 0.2) is 0 Å². The Balaban J connectivity index is 1.58. The lowest BCUT2D eigenvalue weighted by molar-refractivity contribution is 0.0917. The number of carbonyl (C=O) groups excluding carboxylic acids is 1. The number of carbonyl (C=O) groups is 1. The van der Waals surface area contributed by atoms with E-state index in [1.54, 1.807) is 0 Å². The highest BCUT2D eigenvalue weighted by Gasteiger charge is 2.31. The van der Waals surface area contributed by atoms with Crippen LogP contribution < -0.4 is 10.6 Å². The van der Waals surface area contributed by atoms with Crippen LogP contribution in [0.2, 0.25) is 0 Å². The monoisotopic (exact) mass is 349 g/mol. The van der Waals surface area contributed by atoms with Gasteiger partial charge in [-0.25, -0.2) is 13.5 Å². The van der Waals surface area contributed by atoms with Crippen molar-refractivity contribution in [2.24, 2.45) is 0 Å². The fourth-order valence-corrected chi connectivity index (χ4v) is 3.30. The molecule has 0 unspecified atom stereocenters. The molecule has 2 fully saturated rings. The van der Waals surface area contributed by atoms with Crippen LogP contribution in [-0.2, 0) is 0 Å². The highest BCUT2D eigenvalue weighted by atomic mass is 19.3.